The number of hydrogen-bond donors (Lipinski definition) is 1. The molecule has 3 nitrogen and oxygen atoms in total. The first-order valence-electron chi connectivity index (χ1n) is 6.23. The molecule has 0 saturated carbocycles. The minimum absolute atomic E-state index is 0.152. The van der Waals surface area contributed by atoms with E-state index in [1.165, 1.54) is 0 Å². The minimum Gasteiger partial charge on any atom is -0.496 e. The average molecular weight is 290 g/mol. The summed E-state index contributed by atoms with van der Waals surface area (Å²) < 4.78 is 5.18. The Kier molecular flexibility index (Phi) is 4.30. The van der Waals surface area contributed by atoms with Gasteiger partial charge in [-0.1, -0.05) is 11.6 Å². The fourth-order valence-corrected chi connectivity index (χ4v) is 2.21. The lowest BCUT2D eigenvalue weighted by Gasteiger charge is -2.10. The van der Waals surface area contributed by atoms with Gasteiger partial charge in [0, 0.05) is 16.3 Å². The van der Waals surface area contributed by atoms with E-state index in [2.05, 4.69) is 5.32 Å². The molecule has 0 radical (unpaired) electrons. The van der Waals surface area contributed by atoms with Crippen LogP contribution in [0.15, 0.2) is 36.4 Å². The van der Waals surface area contributed by atoms with Gasteiger partial charge in [-0.2, -0.15) is 0 Å². The Morgan fingerprint density at radius 2 is 1.85 bits per heavy atom. The topological polar surface area (TPSA) is 38.3 Å². The van der Waals surface area contributed by atoms with Crippen molar-refractivity contribution in [3.05, 3.63) is 58.1 Å². The molecule has 0 aliphatic rings. The lowest BCUT2D eigenvalue weighted by atomic mass is 10.1. The summed E-state index contributed by atoms with van der Waals surface area (Å²) in [5.41, 5.74) is 3.20. The Hall–Kier alpha value is -2.00. The number of ether oxygens (including phenoxy) is 1. The van der Waals surface area contributed by atoms with E-state index in [1.54, 1.807) is 37.4 Å². The molecule has 0 unspecified atom stereocenters. The molecule has 0 aliphatic carbocycles. The van der Waals surface area contributed by atoms with E-state index in [1.807, 2.05) is 19.9 Å². The molecule has 2 aromatic rings. The van der Waals surface area contributed by atoms with Gasteiger partial charge in [-0.25, -0.2) is 0 Å². The maximum atomic E-state index is 12.2. The van der Waals surface area contributed by atoms with E-state index in [-0.39, 0.29) is 5.91 Å². The molecule has 1 amide bonds. The molecule has 0 spiro atoms. The van der Waals surface area contributed by atoms with Crippen molar-refractivity contribution in [3.63, 3.8) is 0 Å². The molecule has 4 heteroatoms. The molecule has 0 atom stereocenters. The molecule has 1 N–H and O–H groups in total. The third kappa shape index (κ3) is 3.11. The van der Waals surface area contributed by atoms with E-state index >= 15 is 0 Å². The van der Waals surface area contributed by atoms with Crippen LogP contribution in [0.2, 0.25) is 5.02 Å². The Balaban J connectivity index is 2.21. The predicted molar refractivity (Wildman–Crippen MR) is 81.9 cm³/mol. The van der Waals surface area contributed by atoms with Crippen LogP contribution in [0.5, 0.6) is 5.75 Å². The Labute approximate surface area is 123 Å². The van der Waals surface area contributed by atoms with E-state index in [4.69, 9.17) is 16.3 Å². The van der Waals surface area contributed by atoms with Crippen molar-refractivity contribution in [3.8, 4) is 5.75 Å². The number of methoxy groups -OCH3 is 1. The van der Waals surface area contributed by atoms with E-state index < -0.39 is 0 Å². The molecule has 2 aromatic carbocycles. The van der Waals surface area contributed by atoms with Crippen molar-refractivity contribution in [2.45, 2.75) is 13.8 Å². The third-order valence-electron chi connectivity index (χ3n) is 3.09. The van der Waals surface area contributed by atoms with Crippen LogP contribution >= 0.6 is 11.6 Å². The molecule has 0 bridgehead atoms. The highest BCUT2D eigenvalue weighted by molar-refractivity contribution is 6.30. The van der Waals surface area contributed by atoms with Gasteiger partial charge in [0.1, 0.15) is 5.75 Å². The zero-order valence-electron chi connectivity index (χ0n) is 11.7. The fourth-order valence-electron chi connectivity index (χ4n) is 1.98. The quantitative estimate of drug-likeness (QED) is 0.919. The van der Waals surface area contributed by atoms with Crippen LogP contribution in [0.25, 0.3) is 0 Å². The third-order valence-corrected chi connectivity index (χ3v) is 3.33. The molecular weight excluding hydrogens is 274 g/mol. The maximum Gasteiger partial charge on any atom is 0.255 e. The highest BCUT2D eigenvalue weighted by Gasteiger charge is 2.09. The van der Waals surface area contributed by atoms with Crippen molar-refractivity contribution in [2.24, 2.45) is 0 Å². The van der Waals surface area contributed by atoms with Crippen LogP contribution in [-0.4, -0.2) is 13.0 Å². The number of aryl methyl sites for hydroxylation is 2. The first-order valence-corrected chi connectivity index (χ1v) is 6.61. The van der Waals surface area contributed by atoms with E-state index in [9.17, 15) is 4.79 Å². The van der Waals surface area contributed by atoms with E-state index in [0.717, 1.165) is 22.6 Å². The first kappa shape index (κ1) is 14.4. The van der Waals surface area contributed by atoms with Crippen LogP contribution in [0.4, 0.5) is 5.69 Å². The average Bonchev–Trinajstić information content (AvgIpc) is 2.41. The van der Waals surface area contributed by atoms with Gasteiger partial charge in [0.15, 0.2) is 0 Å². The number of halogens is 1. The summed E-state index contributed by atoms with van der Waals surface area (Å²) in [6, 6.07) is 10.7. The van der Waals surface area contributed by atoms with Crippen molar-refractivity contribution in [1.29, 1.82) is 0 Å². The van der Waals surface area contributed by atoms with Crippen LogP contribution < -0.4 is 10.1 Å². The van der Waals surface area contributed by atoms with Gasteiger partial charge < -0.3 is 10.1 Å². The van der Waals surface area contributed by atoms with Crippen molar-refractivity contribution in [1.82, 2.24) is 0 Å². The van der Waals surface area contributed by atoms with Crippen molar-refractivity contribution >= 4 is 23.2 Å². The maximum absolute atomic E-state index is 12.2. The molecule has 0 heterocycles. The second kappa shape index (κ2) is 5.97. The Bertz CT molecular complexity index is 653. The summed E-state index contributed by atoms with van der Waals surface area (Å²) in [5, 5.41) is 3.53. The summed E-state index contributed by atoms with van der Waals surface area (Å²) in [4.78, 5) is 12.2. The monoisotopic (exact) mass is 289 g/mol. The summed E-state index contributed by atoms with van der Waals surface area (Å²) in [6.45, 7) is 3.81. The molecule has 0 aromatic heterocycles. The second-order valence-corrected chi connectivity index (χ2v) is 5.03. The number of hydrogen-bond acceptors (Lipinski definition) is 2. The molecule has 2 rings (SSSR count). The molecule has 104 valence electrons. The molecule has 20 heavy (non-hydrogen) atoms. The normalized spacial score (nSPS) is 10.2. The smallest absolute Gasteiger partial charge is 0.255 e. The molecule has 0 saturated heterocycles. The molecular formula is C16H16ClNO2. The number of anilines is 1. The number of amides is 1. The zero-order chi connectivity index (χ0) is 14.7. The highest BCUT2D eigenvalue weighted by atomic mass is 35.5. The van der Waals surface area contributed by atoms with Gasteiger partial charge in [-0.05, 0) is 61.4 Å². The zero-order valence-corrected chi connectivity index (χ0v) is 12.4. The highest BCUT2D eigenvalue weighted by Crippen LogP contribution is 2.22. The standard InChI is InChI=1S/C16H16ClNO2/c1-10-9-13(17)5-6-14(10)18-16(19)12-4-7-15(20-3)11(2)8-12/h4-9H,1-3H3,(H,18,19). The van der Waals surface area contributed by atoms with Crippen LogP contribution in [0.3, 0.4) is 0 Å². The van der Waals surface area contributed by atoms with Crippen LogP contribution in [0, 0.1) is 13.8 Å². The van der Waals surface area contributed by atoms with Gasteiger partial charge in [0.05, 0.1) is 7.11 Å². The van der Waals surface area contributed by atoms with Crippen LogP contribution in [-0.2, 0) is 0 Å². The van der Waals surface area contributed by atoms with Gasteiger partial charge >= 0.3 is 0 Å². The first-order chi connectivity index (χ1) is 9.51. The minimum atomic E-state index is -0.152. The van der Waals surface area contributed by atoms with Crippen LogP contribution in [0.1, 0.15) is 21.5 Å². The second-order valence-electron chi connectivity index (χ2n) is 4.60. The predicted octanol–water partition coefficient (Wildman–Crippen LogP) is 4.22. The molecule has 0 fully saturated rings. The molecule has 0 aliphatic heterocycles. The number of benzene rings is 2. The Morgan fingerprint density at radius 3 is 2.45 bits per heavy atom. The SMILES string of the molecule is COc1ccc(C(=O)Nc2ccc(Cl)cc2C)cc1C. The van der Waals surface area contributed by atoms with Gasteiger partial charge in [0.25, 0.3) is 5.91 Å². The van der Waals surface area contributed by atoms with Crippen molar-refractivity contribution < 1.29 is 9.53 Å². The van der Waals surface area contributed by atoms with Gasteiger partial charge in [-0.15, -0.1) is 0 Å². The number of nitrogens with one attached hydrogen (secondary N) is 1. The largest absolute Gasteiger partial charge is 0.496 e. The lowest BCUT2D eigenvalue weighted by Crippen LogP contribution is -2.13. The number of rotatable bonds is 3. The lowest BCUT2D eigenvalue weighted by molar-refractivity contribution is 0.102. The van der Waals surface area contributed by atoms with Crippen molar-refractivity contribution in [2.75, 3.05) is 12.4 Å². The number of carbonyl (C=O) groups is 1. The fraction of sp³-hybridized carbons (Fsp3) is 0.188. The Morgan fingerprint density at radius 1 is 1.10 bits per heavy atom. The van der Waals surface area contributed by atoms with Gasteiger partial charge in [-0.3, -0.25) is 4.79 Å². The van der Waals surface area contributed by atoms with Gasteiger partial charge in [0.2, 0.25) is 0 Å². The summed E-state index contributed by atoms with van der Waals surface area (Å²) in [6.07, 6.45) is 0. The summed E-state index contributed by atoms with van der Waals surface area (Å²) in [7, 11) is 1.61. The summed E-state index contributed by atoms with van der Waals surface area (Å²) in [5.74, 6) is 0.616. The van der Waals surface area contributed by atoms with E-state index in [0.29, 0.717) is 10.6 Å². The summed E-state index contributed by atoms with van der Waals surface area (Å²) >= 11 is 5.90. The number of carbonyl (C=O) groups excluding carboxylic acids is 1.